The van der Waals surface area contributed by atoms with Gasteiger partial charge in [0, 0.05) is 11.7 Å². The highest BCUT2D eigenvalue weighted by Gasteiger charge is 2.14. The molecule has 1 aromatic carbocycles. The van der Waals surface area contributed by atoms with E-state index in [-0.39, 0.29) is 11.6 Å². The van der Waals surface area contributed by atoms with E-state index in [1.54, 1.807) is 24.5 Å². The monoisotopic (exact) mass is 338 g/mol. The van der Waals surface area contributed by atoms with E-state index in [4.69, 9.17) is 5.11 Å². The molecule has 25 heavy (non-hydrogen) atoms. The molecule has 8 nitrogen and oxygen atoms in total. The molecule has 0 saturated heterocycles. The summed E-state index contributed by atoms with van der Waals surface area (Å²) in [5, 5.41) is 19.9. The third kappa shape index (κ3) is 3.47. The number of imidazole rings is 1. The average molecular weight is 338 g/mol. The van der Waals surface area contributed by atoms with Crippen molar-refractivity contribution in [2.75, 3.05) is 5.32 Å². The Morgan fingerprint density at radius 2 is 1.92 bits per heavy atom. The minimum Gasteiger partial charge on any atom is -0.478 e. The number of carbonyl (C=O) groups is 1. The Labute approximate surface area is 144 Å². The fraction of sp³-hybridized carbons (Fsp3) is 0.235. The van der Waals surface area contributed by atoms with Crippen molar-refractivity contribution in [1.29, 1.82) is 0 Å². The van der Waals surface area contributed by atoms with Gasteiger partial charge in [0.1, 0.15) is 11.5 Å². The number of hydrogen-bond acceptors (Lipinski definition) is 6. The number of aromatic nitrogens is 5. The molecule has 3 rings (SSSR count). The van der Waals surface area contributed by atoms with Crippen molar-refractivity contribution in [3.05, 3.63) is 48.0 Å². The van der Waals surface area contributed by atoms with Crippen molar-refractivity contribution in [3.63, 3.8) is 0 Å². The molecule has 2 aromatic heterocycles. The quantitative estimate of drug-likeness (QED) is 0.736. The zero-order valence-electron chi connectivity index (χ0n) is 14.1. The van der Waals surface area contributed by atoms with Crippen LogP contribution in [0.3, 0.4) is 0 Å². The second-order valence-corrected chi connectivity index (χ2v) is 5.83. The van der Waals surface area contributed by atoms with Gasteiger partial charge >= 0.3 is 5.97 Å². The SMILES string of the molecule is Cc1ncc(-c2cnnc(Nc3ccc(C(=O)O)cc3)n2)n1C(C)C. The average Bonchev–Trinajstić information content (AvgIpc) is 2.97. The van der Waals surface area contributed by atoms with E-state index in [1.807, 2.05) is 6.92 Å². The predicted octanol–water partition coefficient (Wildman–Crippen LogP) is 3.07. The number of aromatic carboxylic acids is 1. The van der Waals surface area contributed by atoms with Crippen LogP contribution >= 0.6 is 0 Å². The lowest BCUT2D eigenvalue weighted by molar-refractivity contribution is 0.0697. The van der Waals surface area contributed by atoms with Crippen molar-refractivity contribution in [2.45, 2.75) is 26.8 Å². The Bertz CT molecular complexity index is 902. The van der Waals surface area contributed by atoms with E-state index in [0.717, 1.165) is 11.5 Å². The second-order valence-electron chi connectivity index (χ2n) is 5.83. The number of carboxylic acids is 1. The van der Waals surface area contributed by atoms with Gasteiger partial charge in [0.15, 0.2) is 0 Å². The van der Waals surface area contributed by atoms with Gasteiger partial charge in [-0.25, -0.2) is 14.8 Å². The number of nitrogens with zero attached hydrogens (tertiary/aromatic N) is 5. The highest BCUT2D eigenvalue weighted by atomic mass is 16.4. The van der Waals surface area contributed by atoms with Crippen LogP contribution in [-0.2, 0) is 0 Å². The summed E-state index contributed by atoms with van der Waals surface area (Å²) in [5.41, 5.74) is 2.42. The summed E-state index contributed by atoms with van der Waals surface area (Å²) in [5.74, 6) is 0.265. The lowest BCUT2D eigenvalue weighted by atomic mass is 10.2. The van der Waals surface area contributed by atoms with Gasteiger partial charge in [0.25, 0.3) is 0 Å². The molecule has 0 fully saturated rings. The van der Waals surface area contributed by atoms with E-state index in [0.29, 0.717) is 17.3 Å². The Balaban J connectivity index is 1.88. The van der Waals surface area contributed by atoms with E-state index >= 15 is 0 Å². The largest absolute Gasteiger partial charge is 0.478 e. The lowest BCUT2D eigenvalue weighted by Gasteiger charge is -2.13. The highest BCUT2D eigenvalue weighted by molar-refractivity contribution is 5.88. The minimum atomic E-state index is -0.969. The van der Waals surface area contributed by atoms with Gasteiger partial charge < -0.3 is 15.0 Å². The van der Waals surface area contributed by atoms with Crippen molar-refractivity contribution in [3.8, 4) is 11.4 Å². The van der Waals surface area contributed by atoms with Gasteiger partial charge in [-0.3, -0.25) is 0 Å². The number of anilines is 2. The number of hydrogen-bond donors (Lipinski definition) is 2. The van der Waals surface area contributed by atoms with Gasteiger partial charge in [-0.15, -0.1) is 5.10 Å². The Kier molecular flexibility index (Phi) is 4.42. The topological polar surface area (TPSA) is 106 Å². The van der Waals surface area contributed by atoms with E-state index in [1.165, 1.54) is 12.1 Å². The molecular formula is C17H18N6O2. The van der Waals surface area contributed by atoms with Gasteiger partial charge in [-0.2, -0.15) is 5.10 Å². The fourth-order valence-electron chi connectivity index (χ4n) is 2.60. The third-order valence-corrected chi connectivity index (χ3v) is 3.71. The van der Waals surface area contributed by atoms with Crippen LogP contribution in [0.25, 0.3) is 11.4 Å². The summed E-state index contributed by atoms with van der Waals surface area (Å²) in [4.78, 5) is 19.7. The summed E-state index contributed by atoms with van der Waals surface area (Å²) in [6, 6.07) is 6.58. The molecule has 0 amide bonds. The van der Waals surface area contributed by atoms with E-state index in [9.17, 15) is 4.79 Å². The molecule has 2 heterocycles. The summed E-state index contributed by atoms with van der Waals surface area (Å²) in [6.45, 7) is 6.10. The molecule has 8 heteroatoms. The maximum Gasteiger partial charge on any atom is 0.335 e. The lowest BCUT2D eigenvalue weighted by Crippen LogP contribution is -2.07. The van der Waals surface area contributed by atoms with Crippen molar-refractivity contribution in [2.24, 2.45) is 0 Å². The normalized spacial score (nSPS) is 10.9. The van der Waals surface area contributed by atoms with Crippen LogP contribution in [0.5, 0.6) is 0 Å². The summed E-state index contributed by atoms with van der Waals surface area (Å²) in [6.07, 6.45) is 3.36. The first-order chi connectivity index (χ1) is 12.0. The molecule has 2 N–H and O–H groups in total. The number of carboxylic acid groups (broad SMARTS) is 1. The third-order valence-electron chi connectivity index (χ3n) is 3.71. The summed E-state index contributed by atoms with van der Waals surface area (Å²) in [7, 11) is 0. The number of benzene rings is 1. The Hall–Kier alpha value is -3.29. The van der Waals surface area contributed by atoms with Gasteiger partial charge in [0.05, 0.1) is 23.7 Å². The van der Waals surface area contributed by atoms with Crippen LogP contribution < -0.4 is 5.32 Å². The molecule has 0 saturated carbocycles. The molecule has 3 aromatic rings. The van der Waals surface area contributed by atoms with Crippen LogP contribution in [0.4, 0.5) is 11.6 Å². The molecule has 0 atom stereocenters. The molecule has 0 bridgehead atoms. The standard InChI is InChI=1S/C17H18N6O2/c1-10(2)23-11(3)18-9-15(23)14-8-19-22-17(21-14)20-13-6-4-12(5-7-13)16(24)25/h4-10H,1-3H3,(H,24,25)(H,20,21,22). The Morgan fingerprint density at radius 3 is 2.56 bits per heavy atom. The molecule has 0 aliphatic rings. The summed E-state index contributed by atoms with van der Waals surface area (Å²) < 4.78 is 2.08. The first-order valence-electron chi connectivity index (χ1n) is 7.80. The number of aryl methyl sites for hydroxylation is 1. The molecular weight excluding hydrogens is 320 g/mol. The first kappa shape index (κ1) is 16.6. The van der Waals surface area contributed by atoms with Gasteiger partial charge in [-0.1, -0.05) is 0 Å². The van der Waals surface area contributed by atoms with E-state index in [2.05, 4.69) is 43.9 Å². The maximum absolute atomic E-state index is 10.9. The molecule has 0 aliphatic carbocycles. The van der Waals surface area contributed by atoms with Crippen LogP contribution in [0.1, 0.15) is 36.1 Å². The maximum atomic E-state index is 10.9. The van der Waals surface area contributed by atoms with Crippen LogP contribution in [0.15, 0.2) is 36.7 Å². The van der Waals surface area contributed by atoms with Crippen LogP contribution in [0.2, 0.25) is 0 Å². The fourth-order valence-corrected chi connectivity index (χ4v) is 2.60. The Morgan fingerprint density at radius 1 is 1.20 bits per heavy atom. The van der Waals surface area contributed by atoms with Gasteiger partial charge in [0.2, 0.25) is 5.95 Å². The smallest absolute Gasteiger partial charge is 0.335 e. The molecule has 0 unspecified atom stereocenters. The van der Waals surface area contributed by atoms with Gasteiger partial charge in [-0.05, 0) is 45.0 Å². The molecule has 0 radical (unpaired) electrons. The van der Waals surface area contributed by atoms with Crippen LogP contribution in [-0.4, -0.2) is 35.8 Å². The highest BCUT2D eigenvalue weighted by Crippen LogP contribution is 2.23. The second kappa shape index (κ2) is 6.68. The molecule has 0 spiro atoms. The predicted molar refractivity (Wildman–Crippen MR) is 92.9 cm³/mol. The summed E-state index contributed by atoms with van der Waals surface area (Å²) >= 11 is 0. The van der Waals surface area contributed by atoms with E-state index < -0.39 is 5.97 Å². The van der Waals surface area contributed by atoms with Crippen molar-refractivity contribution < 1.29 is 9.90 Å². The van der Waals surface area contributed by atoms with Crippen LogP contribution in [0, 0.1) is 6.92 Å². The zero-order chi connectivity index (χ0) is 18.0. The molecule has 0 aliphatic heterocycles. The number of rotatable bonds is 5. The number of nitrogens with one attached hydrogen (secondary N) is 1. The van der Waals surface area contributed by atoms with Crippen molar-refractivity contribution >= 4 is 17.6 Å². The zero-order valence-corrected chi connectivity index (χ0v) is 14.1. The first-order valence-corrected chi connectivity index (χ1v) is 7.80. The minimum absolute atomic E-state index is 0.217. The van der Waals surface area contributed by atoms with Crippen molar-refractivity contribution in [1.82, 2.24) is 24.7 Å². The molecule has 128 valence electrons.